The second kappa shape index (κ2) is 14.5. The number of methoxy groups -OCH3 is 2. The Balaban J connectivity index is 1.10. The number of nitriles is 1. The van der Waals surface area contributed by atoms with Crippen LogP contribution in [0.25, 0.3) is 17.2 Å². The molecule has 2 aliphatic rings. The molecular formula is C39H40BrN5O5. The Labute approximate surface area is 300 Å². The third kappa shape index (κ3) is 6.91. The zero-order chi connectivity index (χ0) is 35.7. The van der Waals surface area contributed by atoms with Crippen LogP contribution in [0.5, 0.6) is 17.2 Å². The Bertz CT molecular complexity index is 2070. The molecule has 0 bridgehead atoms. The Morgan fingerprint density at radius 2 is 1.80 bits per heavy atom. The summed E-state index contributed by atoms with van der Waals surface area (Å²) in [6.45, 7) is 8.45. The van der Waals surface area contributed by atoms with Crippen molar-refractivity contribution < 1.29 is 19.0 Å². The van der Waals surface area contributed by atoms with Gasteiger partial charge in [-0.3, -0.25) is 14.5 Å². The number of ether oxygens (including phenoxy) is 3. The van der Waals surface area contributed by atoms with E-state index in [1.165, 1.54) is 6.08 Å². The molecule has 0 aliphatic carbocycles. The first-order valence-corrected chi connectivity index (χ1v) is 17.3. The Morgan fingerprint density at radius 3 is 2.46 bits per heavy atom. The summed E-state index contributed by atoms with van der Waals surface area (Å²) in [5.74, 6) is 1.96. The van der Waals surface area contributed by atoms with E-state index in [9.17, 15) is 14.9 Å². The number of aromatic nitrogens is 2. The molecule has 11 heteroatoms. The van der Waals surface area contributed by atoms with Gasteiger partial charge in [0.15, 0.2) is 0 Å². The minimum absolute atomic E-state index is 0.00525. The highest BCUT2D eigenvalue weighted by Gasteiger charge is 2.33. The number of hydrogen-bond donors (Lipinski definition) is 0. The van der Waals surface area contributed by atoms with E-state index in [0.717, 1.165) is 69.3 Å². The number of amides is 1. The van der Waals surface area contributed by atoms with E-state index in [2.05, 4.69) is 37.9 Å². The van der Waals surface area contributed by atoms with Crippen LogP contribution >= 0.6 is 15.9 Å². The number of fused-ring (bicyclic) bond motifs is 1. The van der Waals surface area contributed by atoms with E-state index < -0.39 is 0 Å². The van der Waals surface area contributed by atoms with Gasteiger partial charge in [0.1, 0.15) is 39.6 Å². The summed E-state index contributed by atoms with van der Waals surface area (Å²) >= 11 is 3.34. The average molecular weight is 739 g/mol. The van der Waals surface area contributed by atoms with Crippen LogP contribution in [0.1, 0.15) is 46.5 Å². The van der Waals surface area contributed by atoms with Gasteiger partial charge in [0, 0.05) is 50.6 Å². The number of rotatable bonds is 9. The number of likely N-dealkylation sites (tertiary alicyclic amines) is 1. The number of halogens is 1. The predicted molar refractivity (Wildman–Crippen MR) is 195 cm³/mol. The fraction of sp³-hybridized carbons (Fsp3) is 0.333. The maximum Gasteiger partial charge on any atom is 0.265 e. The molecule has 10 nitrogen and oxygen atoms in total. The molecule has 4 aromatic rings. The molecular weight excluding hydrogens is 698 g/mol. The van der Waals surface area contributed by atoms with E-state index in [1.54, 1.807) is 42.9 Å². The smallest absolute Gasteiger partial charge is 0.265 e. The predicted octanol–water partition coefficient (Wildman–Crippen LogP) is 6.16. The van der Waals surface area contributed by atoms with E-state index in [4.69, 9.17) is 14.2 Å². The molecule has 2 aromatic heterocycles. The van der Waals surface area contributed by atoms with Gasteiger partial charge in [-0.2, -0.15) is 5.26 Å². The first-order chi connectivity index (χ1) is 24.0. The van der Waals surface area contributed by atoms with Crippen molar-refractivity contribution >= 4 is 27.9 Å². The van der Waals surface area contributed by atoms with Gasteiger partial charge >= 0.3 is 0 Å². The monoisotopic (exact) mass is 737 g/mol. The van der Waals surface area contributed by atoms with Gasteiger partial charge in [-0.15, -0.1) is 0 Å². The van der Waals surface area contributed by atoms with Gasteiger partial charge in [0.05, 0.1) is 31.5 Å². The molecule has 1 unspecified atom stereocenters. The Kier molecular flexibility index (Phi) is 10.1. The van der Waals surface area contributed by atoms with Crippen LogP contribution in [-0.4, -0.2) is 65.2 Å². The summed E-state index contributed by atoms with van der Waals surface area (Å²) in [6, 6.07) is 17.3. The van der Waals surface area contributed by atoms with Crippen LogP contribution in [-0.2, 0) is 24.8 Å². The molecule has 50 heavy (non-hydrogen) atoms. The zero-order valence-corrected chi connectivity index (χ0v) is 30.7. The first kappa shape index (κ1) is 34.9. The first-order valence-electron chi connectivity index (χ1n) is 16.5. The summed E-state index contributed by atoms with van der Waals surface area (Å²) in [5.41, 5.74) is 7.30. The maximum absolute atomic E-state index is 13.4. The summed E-state index contributed by atoms with van der Waals surface area (Å²) in [4.78, 5) is 34.2. The molecule has 0 N–H and O–H groups in total. The summed E-state index contributed by atoms with van der Waals surface area (Å²) in [5, 5.41) is 9.78. The molecule has 2 aromatic carbocycles. The molecule has 1 saturated heterocycles. The van der Waals surface area contributed by atoms with Gasteiger partial charge in [0.25, 0.3) is 11.5 Å². The SMILES string of the molecule is COc1cc(-c2cn(C)c(=O)c(C)c2C)cc(OC)c1CN1CC(Oc2ccc3c(c2)CCN(C(=O)/C(C#N)=C/c2cccc(Br)n2)C3C)C1. The van der Waals surface area contributed by atoms with Crippen LogP contribution in [0.3, 0.4) is 0 Å². The van der Waals surface area contributed by atoms with E-state index in [-0.39, 0.29) is 29.2 Å². The standard InChI is InChI=1S/C39H40BrN5O5/c1-23-24(2)38(46)43(4)21-33(23)27-16-35(48-5)34(36(17-27)49-6)22-44-19-31(20-44)50-30-10-11-32-25(3)45(13-12-26(32)15-30)39(47)28(18-41)14-29-8-7-9-37(40)42-29/h7-11,14-17,21,25,31H,12-13,19-20,22H2,1-6H3/b28-14+. The van der Waals surface area contributed by atoms with E-state index >= 15 is 0 Å². The van der Waals surface area contributed by atoms with E-state index in [1.807, 2.05) is 57.3 Å². The number of pyridine rings is 2. The minimum Gasteiger partial charge on any atom is -0.496 e. The molecule has 6 rings (SSSR count). The van der Waals surface area contributed by atoms with Gasteiger partial charge in [0.2, 0.25) is 0 Å². The molecule has 258 valence electrons. The van der Waals surface area contributed by atoms with Gasteiger partial charge in [-0.05, 0) is 108 Å². The molecule has 1 atom stereocenters. The van der Waals surface area contributed by atoms with Gasteiger partial charge in [-0.1, -0.05) is 12.1 Å². The quantitative estimate of drug-likeness (QED) is 0.114. The Morgan fingerprint density at radius 1 is 1.08 bits per heavy atom. The van der Waals surface area contributed by atoms with Crippen LogP contribution in [0, 0.1) is 25.2 Å². The average Bonchev–Trinajstić information content (AvgIpc) is 3.10. The van der Waals surface area contributed by atoms with E-state index in [0.29, 0.717) is 29.8 Å². The lowest BCUT2D eigenvalue weighted by molar-refractivity contribution is -0.129. The fourth-order valence-corrected chi connectivity index (χ4v) is 7.17. The molecule has 4 heterocycles. The van der Waals surface area contributed by atoms with Crippen molar-refractivity contribution in [2.75, 3.05) is 33.9 Å². The molecule has 1 fully saturated rings. The normalized spacial score (nSPS) is 16.3. The second-order valence-corrected chi connectivity index (χ2v) is 13.7. The third-order valence-electron chi connectivity index (χ3n) is 9.75. The summed E-state index contributed by atoms with van der Waals surface area (Å²) < 4.78 is 20.3. The van der Waals surface area contributed by atoms with Gasteiger partial charge < -0.3 is 23.7 Å². The number of hydrogen-bond acceptors (Lipinski definition) is 8. The minimum atomic E-state index is -0.303. The summed E-state index contributed by atoms with van der Waals surface area (Å²) in [6.07, 6.45) is 4.10. The number of carbonyl (C=O) groups excluding carboxylic acids is 1. The topological polar surface area (TPSA) is 110 Å². The molecule has 0 saturated carbocycles. The van der Waals surface area contributed by atoms with Crippen molar-refractivity contribution in [2.45, 2.75) is 45.9 Å². The Hall–Kier alpha value is -4.92. The molecule has 1 amide bonds. The lowest BCUT2D eigenvalue weighted by Gasteiger charge is -2.40. The van der Waals surface area contributed by atoms with Crippen molar-refractivity contribution in [3.8, 4) is 34.4 Å². The van der Waals surface area contributed by atoms with Crippen molar-refractivity contribution in [1.29, 1.82) is 5.26 Å². The zero-order valence-electron chi connectivity index (χ0n) is 29.1. The second-order valence-electron chi connectivity index (χ2n) is 12.8. The van der Waals surface area contributed by atoms with Crippen molar-refractivity contribution in [1.82, 2.24) is 19.4 Å². The fourth-order valence-electron chi connectivity index (χ4n) is 6.81. The van der Waals surface area contributed by atoms with Crippen molar-refractivity contribution in [2.24, 2.45) is 7.05 Å². The number of benzene rings is 2. The number of carbonyl (C=O) groups is 1. The van der Waals surface area contributed by atoms with Crippen molar-refractivity contribution in [3.63, 3.8) is 0 Å². The molecule has 0 spiro atoms. The number of nitrogens with zero attached hydrogens (tertiary/aromatic N) is 5. The highest BCUT2D eigenvalue weighted by molar-refractivity contribution is 9.10. The number of aryl methyl sites for hydroxylation is 1. The maximum atomic E-state index is 13.4. The molecule has 2 aliphatic heterocycles. The lowest BCUT2D eigenvalue weighted by Crippen LogP contribution is -2.53. The highest BCUT2D eigenvalue weighted by Crippen LogP contribution is 2.38. The molecule has 0 radical (unpaired) electrons. The van der Waals surface area contributed by atoms with Gasteiger partial charge in [-0.25, -0.2) is 4.98 Å². The van der Waals surface area contributed by atoms with Crippen LogP contribution < -0.4 is 19.8 Å². The van der Waals surface area contributed by atoms with Crippen LogP contribution in [0.4, 0.5) is 0 Å². The largest absolute Gasteiger partial charge is 0.496 e. The van der Waals surface area contributed by atoms with Crippen molar-refractivity contribution in [3.05, 3.63) is 109 Å². The van der Waals surface area contributed by atoms with Crippen LogP contribution in [0.2, 0.25) is 0 Å². The highest BCUT2D eigenvalue weighted by atomic mass is 79.9. The third-order valence-corrected chi connectivity index (χ3v) is 10.2. The lowest BCUT2D eigenvalue weighted by atomic mass is 9.92. The summed E-state index contributed by atoms with van der Waals surface area (Å²) in [7, 11) is 5.09. The van der Waals surface area contributed by atoms with Crippen LogP contribution in [0.15, 0.2) is 69.7 Å².